The van der Waals surface area contributed by atoms with Crippen molar-refractivity contribution < 1.29 is 27.4 Å². The summed E-state index contributed by atoms with van der Waals surface area (Å²) in [4.78, 5) is 28.8. The van der Waals surface area contributed by atoms with E-state index in [1.165, 1.54) is 18.5 Å². The predicted octanol–water partition coefficient (Wildman–Crippen LogP) is 6.78. The fourth-order valence-corrected chi connectivity index (χ4v) is 7.01. The van der Waals surface area contributed by atoms with Crippen LogP contribution in [0.2, 0.25) is 0 Å². The van der Waals surface area contributed by atoms with Crippen molar-refractivity contribution in [3.05, 3.63) is 73.5 Å². The maximum atomic E-state index is 15.4. The first-order valence-electron chi connectivity index (χ1n) is 16.0. The number of ether oxygens (including phenoxy) is 2. The molecule has 4 aromatic rings. The lowest BCUT2D eigenvalue weighted by Crippen LogP contribution is -2.41. The number of rotatable bonds is 9. The number of hydrogen-bond donors (Lipinski definition) is 2. The maximum absolute atomic E-state index is 15.4. The molecule has 4 heterocycles. The molecule has 2 atom stereocenters. The molecular formula is C35H36F3N7O3. The molecule has 3 fully saturated rings. The zero-order valence-electron chi connectivity index (χ0n) is 26.5. The highest BCUT2D eigenvalue weighted by Crippen LogP contribution is 2.49. The van der Waals surface area contributed by atoms with Crippen molar-refractivity contribution in [2.75, 3.05) is 48.8 Å². The number of hydrogen-bond acceptors (Lipinski definition) is 9. The van der Waals surface area contributed by atoms with Crippen molar-refractivity contribution in [3.8, 4) is 17.2 Å². The zero-order valence-corrected chi connectivity index (χ0v) is 26.5. The van der Waals surface area contributed by atoms with Gasteiger partial charge in [-0.3, -0.25) is 4.79 Å². The van der Waals surface area contributed by atoms with Gasteiger partial charge in [-0.25, -0.2) is 28.1 Å². The standard InChI is InChI=1S/C35H36F3N7O3/c1-3-33(46)44-12-8-22(9-13-44)42-30-16-25-29(17-31(30)47-2)40-20-41-34(25)43-28-5-4-23(14-27(28)36)48-24-7-11-39-32(15-24)45-18-21-6-10-35(37,38)26(21)19-45/h3-5,7,11,14-17,20-22,26,42H,1,6,8-10,12-13,18-19H2,2H3,(H,40,41,43)/t21-,26+/m1/s1. The summed E-state index contributed by atoms with van der Waals surface area (Å²) in [6.07, 6.45) is 6.28. The van der Waals surface area contributed by atoms with Gasteiger partial charge in [0.2, 0.25) is 5.91 Å². The molecule has 10 nitrogen and oxygen atoms in total. The maximum Gasteiger partial charge on any atom is 0.252 e. The van der Waals surface area contributed by atoms with E-state index in [1.807, 2.05) is 11.0 Å². The minimum atomic E-state index is -2.64. The highest BCUT2D eigenvalue weighted by Gasteiger charge is 2.54. The lowest BCUT2D eigenvalue weighted by atomic mass is 9.99. The van der Waals surface area contributed by atoms with E-state index in [1.54, 1.807) is 48.5 Å². The van der Waals surface area contributed by atoms with E-state index in [0.717, 1.165) is 18.5 Å². The smallest absolute Gasteiger partial charge is 0.252 e. The Morgan fingerprint density at radius 1 is 1.02 bits per heavy atom. The summed E-state index contributed by atoms with van der Waals surface area (Å²) in [6, 6.07) is 11.6. The lowest BCUT2D eigenvalue weighted by molar-refractivity contribution is -0.126. The molecule has 2 aromatic carbocycles. The number of nitrogens with zero attached hydrogens (tertiary/aromatic N) is 5. The molecule has 3 aliphatic rings. The second-order valence-corrected chi connectivity index (χ2v) is 12.5. The number of methoxy groups -OCH3 is 1. The van der Waals surface area contributed by atoms with Gasteiger partial charge in [0.1, 0.15) is 41.0 Å². The number of aromatic nitrogens is 3. The van der Waals surface area contributed by atoms with Crippen molar-refractivity contribution >= 4 is 39.8 Å². The molecule has 2 N–H and O–H groups in total. The van der Waals surface area contributed by atoms with Gasteiger partial charge >= 0.3 is 0 Å². The van der Waals surface area contributed by atoms with Gasteiger partial charge in [-0.15, -0.1) is 0 Å². The Hall–Kier alpha value is -5.07. The minimum absolute atomic E-state index is 0.0451. The Morgan fingerprint density at radius 2 is 1.83 bits per heavy atom. The van der Waals surface area contributed by atoms with Crippen LogP contribution in [-0.4, -0.2) is 71.0 Å². The molecule has 0 bridgehead atoms. The van der Waals surface area contributed by atoms with Crippen LogP contribution < -0.4 is 25.0 Å². The Morgan fingerprint density at radius 3 is 2.58 bits per heavy atom. The zero-order chi connectivity index (χ0) is 33.4. The molecule has 2 aliphatic heterocycles. The van der Waals surface area contributed by atoms with E-state index in [-0.39, 0.29) is 42.3 Å². The molecule has 0 unspecified atom stereocenters. The van der Waals surface area contributed by atoms with Crippen molar-refractivity contribution in [3.63, 3.8) is 0 Å². The number of carbonyl (C=O) groups is 1. The fourth-order valence-electron chi connectivity index (χ4n) is 7.01. The topological polar surface area (TPSA) is 105 Å². The number of halogens is 3. The third-order valence-electron chi connectivity index (χ3n) is 9.60. The predicted molar refractivity (Wildman–Crippen MR) is 177 cm³/mol. The number of fused-ring (bicyclic) bond motifs is 2. The molecule has 7 rings (SSSR count). The van der Waals surface area contributed by atoms with Gasteiger partial charge in [0, 0.05) is 74.3 Å². The van der Waals surface area contributed by atoms with Gasteiger partial charge in [-0.1, -0.05) is 6.58 Å². The molecule has 13 heteroatoms. The van der Waals surface area contributed by atoms with Crippen LogP contribution in [0.3, 0.4) is 0 Å². The molecule has 48 heavy (non-hydrogen) atoms. The van der Waals surface area contributed by atoms with E-state index in [4.69, 9.17) is 9.47 Å². The number of pyridine rings is 1. The molecule has 250 valence electrons. The normalized spacial score (nSPS) is 20.4. The van der Waals surface area contributed by atoms with Crippen molar-refractivity contribution in [1.29, 1.82) is 0 Å². The molecule has 1 amide bonds. The number of piperidine rings is 1. The number of anilines is 4. The molecule has 2 saturated heterocycles. The minimum Gasteiger partial charge on any atom is -0.495 e. The van der Waals surface area contributed by atoms with Crippen LogP contribution in [0.15, 0.2) is 67.6 Å². The summed E-state index contributed by atoms with van der Waals surface area (Å²) >= 11 is 0. The Kier molecular flexibility index (Phi) is 8.44. The van der Waals surface area contributed by atoms with E-state index < -0.39 is 17.7 Å². The summed E-state index contributed by atoms with van der Waals surface area (Å²) in [5.74, 6) is -1.70. The second kappa shape index (κ2) is 12.9. The molecule has 0 radical (unpaired) electrons. The van der Waals surface area contributed by atoms with Gasteiger partial charge in [-0.05, 0) is 55.5 Å². The fraction of sp³-hybridized carbons (Fsp3) is 0.371. The van der Waals surface area contributed by atoms with Crippen LogP contribution in [-0.2, 0) is 4.79 Å². The summed E-state index contributed by atoms with van der Waals surface area (Å²) in [7, 11) is 1.59. The van der Waals surface area contributed by atoms with Gasteiger partial charge in [0.15, 0.2) is 0 Å². The number of benzene rings is 2. The largest absolute Gasteiger partial charge is 0.495 e. The number of likely N-dealkylation sites (tertiary alicyclic amines) is 1. The SMILES string of the molecule is C=CC(=O)N1CCC(Nc2cc3c(Nc4ccc(Oc5ccnc(N6C[C@H]7CCC(F)(F)[C@H]7C6)c5)cc4F)ncnc3cc2OC)CC1. The van der Waals surface area contributed by atoms with E-state index in [9.17, 15) is 13.6 Å². The summed E-state index contributed by atoms with van der Waals surface area (Å²) in [5.41, 5.74) is 1.54. The molecule has 2 aromatic heterocycles. The number of carbonyl (C=O) groups excluding carboxylic acids is 1. The first kappa shape index (κ1) is 31.5. The molecule has 1 saturated carbocycles. The number of alkyl halides is 2. The molecular weight excluding hydrogens is 623 g/mol. The number of amides is 1. The van der Waals surface area contributed by atoms with E-state index in [0.29, 0.717) is 60.1 Å². The van der Waals surface area contributed by atoms with Gasteiger partial charge in [-0.2, -0.15) is 0 Å². The van der Waals surface area contributed by atoms with Crippen LogP contribution in [0.4, 0.5) is 36.2 Å². The summed E-state index contributed by atoms with van der Waals surface area (Å²) in [6.45, 7) is 5.60. The third-order valence-corrected chi connectivity index (χ3v) is 9.60. The van der Waals surface area contributed by atoms with Crippen LogP contribution in [0.25, 0.3) is 10.9 Å². The first-order chi connectivity index (χ1) is 23.2. The van der Waals surface area contributed by atoms with Gasteiger partial charge in [0.25, 0.3) is 5.92 Å². The Balaban J connectivity index is 1.05. The lowest BCUT2D eigenvalue weighted by Gasteiger charge is -2.32. The highest BCUT2D eigenvalue weighted by atomic mass is 19.3. The van der Waals surface area contributed by atoms with Crippen molar-refractivity contribution in [1.82, 2.24) is 19.9 Å². The average Bonchev–Trinajstić information content (AvgIpc) is 3.66. The van der Waals surface area contributed by atoms with E-state index >= 15 is 4.39 Å². The van der Waals surface area contributed by atoms with Crippen molar-refractivity contribution in [2.45, 2.75) is 37.6 Å². The molecule has 1 aliphatic carbocycles. The summed E-state index contributed by atoms with van der Waals surface area (Å²) < 4.78 is 55.6. The third kappa shape index (κ3) is 6.28. The first-order valence-corrected chi connectivity index (χ1v) is 16.0. The Bertz CT molecular complexity index is 1850. The second-order valence-electron chi connectivity index (χ2n) is 12.5. The molecule has 0 spiro atoms. The monoisotopic (exact) mass is 659 g/mol. The average molecular weight is 660 g/mol. The Labute approximate surface area is 276 Å². The van der Waals surface area contributed by atoms with Crippen LogP contribution >= 0.6 is 0 Å². The summed E-state index contributed by atoms with van der Waals surface area (Å²) in [5, 5.41) is 7.28. The van der Waals surface area contributed by atoms with Crippen LogP contribution in [0.5, 0.6) is 17.2 Å². The quantitative estimate of drug-likeness (QED) is 0.188. The highest BCUT2D eigenvalue weighted by molar-refractivity contribution is 5.95. The van der Waals surface area contributed by atoms with E-state index in [2.05, 4.69) is 32.2 Å². The number of nitrogens with one attached hydrogen (secondary N) is 2. The van der Waals surface area contributed by atoms with Crippen LogP contribution in [0, 0.1) is 17.7 Å². The van der Waals surface area contributed by atoms with Crippen LogP contribution in [0.1, 0.15) is 25.7 Å². The van der Waals surface area contributed by atoms with Gasteiger partial charge < -0.3 is 29.9 Å². The van der Waals surface area contributed by atoms with Gasteiger partial charge in [0.05, 0.1) is 24.0 Å². The van der Waals surface area contributed by atoms with Crippen molar-refractivity contribution in [2.24, 2.45) is 11.8 Å².